The highest BCUT2D eigenvalue weighted by Gasteiger charge is 2.16. The lowest BCUT2D eigenvalue weighted by Crippen LogP contribution is -2.23. The fraction of sp³-hybridized carbons (Fsp3) is 0.294. The third-order valence-corrected chi connectivity index (χ3v) is 4.37. The van der Waals surface area contributed by atoms with Crippen LogP contribution < -0.4 is 5.32 Å². The van der Waals surface area contributed by atoms with E-state index in [1.807, 2.05) is 19.1 Å². The van der Waals surface area contributed by atoms with E-state index < -0.39 is 0 Å². The van der Waals surface area contributed by atoms with Crippen molar-refractivity contribution in [3.63, 3.8) is 0 Å². The van der Waals surface area contributed by atoms with E-state index in [1.54, 1.807) is 6.07 Å². The van der Waals surface area contributed by atoms with E-state index in [0.717, 1.165) is 27.7 Å². The lowest BCUT2D eigenvalue weighted by molar-refractivity contribution is 0.600. The van der Waals surface area contributed by atoms with Gasteiger partial charge in [-0.25, -0.2) is 4.39 Å². The molecule has 0 aliphatic carbocycles. The van der Waals surface area contributed by atoms with Crippen LogP contribution in [0.4, 0.5) is 4.39 Å². The first kappa shape index (κ1) is 15.2. The fourth-order valence-electron chi connectivity index (χ4n) is 2.38. The van der Waals surface area contributed by atoms with Crippen molar-refractivity contribution in [2.75, 3.05) is 6.54 Å². The van der Waals surface area contributed by atoms with Crippen molar-refractivity contribution < 1.29 is 4.39 Å². The van der Waals surface area contributed by atoms with E-state index in [4.69, 9.17) is 0 Å². The van der Waals surface area contributed by atoms with Crippen LogP contribution in [0.15, 0.2) is 40.9 Å². The molecule has 0 aliphatic heterocycles. The quantitative estimate of drug-likeness (QED) is 0.837. The summed E-state index contributed by atoms with van der Waals surface area (Å²) in [6.45, 7) is 6.98. The third kappa shape index (κ3) is 3.28. The Morgan fingerprint density at radius 2 is 1.85 bits per heavy atom. The standard InChI is InChI=1S/C17H19BrFN/c1-4-20-17(13-6-8-16(18)12(3)9-13)15-10-14(19)7-5-11(15)2/h5-10,17,20H,4H2,1-3H3. The lowest BCUT2D eigenvalue weighted by atomic mass is 9.94. The van der Waals surface area contributed by atoms with Crippen LogP contribution in [0.2, 0.25) is 0 Å². The van der Waals surface area contributed by atoms with Crippen molar-refractivity contribution in [2.45, 2.75) is 26.8 Å². The average molecular weight is 336 g/mol. The summed E-state index contributed by atoms with van der Waals surface area (Å²) in [4.78, 5) is 0. The molecule has 0 amide bonds. The Morgan fingerprint density at radius 1 is 1.10 bits per heavy atom. The molecule has 0 spiro atoms. The number of rotatable bonds is 4. The highest BCUT2D eigenvalue weighted by atomic mass is 79.9. The molecular formula is C17H19BrFN. The molecule has 0 bridgehead atoms. The van der Waals surface area contributed by atoms with Crippen LogP contribution >= 0.6 is 15.9 Å². The zero-order chi connectivity index (χ0) is 14.7. The van der Waals surface area contributed by atoms with Crippen LogP contribution in [-0.4, -0.2) is 6.54 Å². The Labute approximate surface area is 128 Å². The normalized spacial score (nSPS) is 12.4. The predicted molar refractivity (Wildman–Crippen MR) is 85.5 cm³/mol. The van der Waals surface area contributed by atoms with E-state index in [9.17, 15) is 4.39 Å². The maximum absolute atomic E-state index is 13.6. The van der Waals surface area contributed by atoms with Crippen LogP contribution in [0.5, 0.6) is 0 Å². The number of hydrogen-bond donors (Lipinski definition) is 1. The van der Waals surface area contributed by atoms with Gasteiger partial charge in [-0.3, -0.25) is 0 Å². The second-order valence-corrected chi connectivity index (χ2v) is 5.85. The molecular weight excluding hydrogens is 317 g/mol. The van der Waals surface area contributed by atoms with Gasteiger partial charge in [-0.2, -0.15) is 0 Å². The largest absolute Gasteiger partial charge is 0.307 e. The first-order valence-electron chi connectivity index (χ1n) is 6.78. The summed E-state index contributed by atoms with van der Waals surface area (Å²) in [5, 5.41) is 3.45. The maximum atomic E-state index is 13.6. The van der Waals surface area contributed by atoms with Gasteiger partial charge < -0.3 is 5.32 Å². The van der Waals surface area contributed by atoms with Crippen molar-refractivity contribution in [3.05, 3.63) is 68.9 Å². The number of halogens is 2. The van der Waals surface area contributed by atoms with Gasteiger partial charge in [-0.05, 0) is 60.8 Å². The van der Waals surface area contributed by atoms with Crippen LogP contribution in [0.1, 0.15) is 35.2 Å². The summed E-state index contributed by atoms with van der Waals surface area (Å²) in [6, 6.07) is 11.2. The van der Waals surface area contributed by atoms with E-state index in [-0.39, 0.29) is 11.9 Å². The monoisotopic (exact) mass is 335 g/mol. The highest BCUT2D eigenvalue weighted by molar-refractivity contribution is 9.10. The molecule has 0 saturated carbocycles. The highest BCUT2D eigenvalue weighted by Crippen LogP contribution is 2.28. The van der Waals surface area contributed by atoms with E-state index in [0.29, 0.717) is 0 Å². The maximum Gasteiger partial charge on any atom is 0.123 e. The number of benzene rings is 2. The van der Waals surface area contributed by atoms with E-state index in [1.165, 1.54) is 11.6 Å². The summed E-state index contributed by atoms with van der Waals surface area (Å²) >= 11 is 3.52. The number of hydrogen-bond acceptors (Lipinski definition) is 1. The molecule has 0 saturated heterocycles. The van der Waals surface area contributed by atoms with Gasteiger partial charge in [-0.15, -0.1) is 0 Å². The van der Waals surface area contributed by atoms with Gasteiger partial charge >= 0.3 is 0 Å². The van der Waals surface area contributed by atoms with Gasteiger partial charge in [0.15, 0.2) is 0 Å². The molecule has 106 valence electrons. The topological polar surface area (TPSA) is 12.0 Å². The third-order valence-electron chi connectivity index (χ3n) is 3.48. The second kappa shape index (κ2) is 6.51. The lowest BCUT2D eigenvalue weighted by Gasteiger charge is -2.21. The van der Waals surface area contributed by atoms with Crippen LogP contribution in [0.25, 0.3) is 0 Å². The smallest absolute Gasteiger partial charge is 0.123 e. The average Bonchev–Trinajstić information content (AvgIpc) is 2.42. The van der Waals surface area contributed by atoms with Crippen molar-refractivity contribution >= 4 is 15.9 Å². The summed E-state index contributed by atoms with van der Waals surface area (Å²) in [5.41, 5.74) is 4.42. The van der Waals surface area contributed by atoms with Gasteiger partial charge in [0.05, 0.1) is 6.04 Å². The van der Waals surface area contributed by atoms with Crippen molar-refractivity contribution in [3.8, 4) is 0 Å². The molecule has 0 fully saturated rings. The van der Waals surface area contributed by atoms with Gasteiger partial charge in [0.25, 0.3) is 0 Å². The fourth-order valence-corrected chi connectivity index (χ4v) is 2.63. The van der Waals surface area contributed by atoms with Gasteiger partial charge in [0.2, 0.25) is 0 Å². The number of aryl methyl sites for hydroxylation is 2. The summed E-state index contributed by atoms with van der Waals surface area (Å²) in [5.74, 6) is -0.192. The Balaban J connectivity index is 2.49. The Hall–Kier alpha value is -1.19. The van der Waals surface area contributed by atoms with Crippen molar-refractivity contribution in [2.24, 2.45) is 0 Å². The molecule has 1 atom stereocenters. The minimum atomic E-state index is -0.192. The van der Waals surface area contributed by atoms with Crippen molar-refractivity contribution in [1.82, 2.24) is 5.32 Å². The Kier molecular flexibility index (Phi) is 4.95. The zero-order valence-electron chi connectivity index (χ0n) is 12.0. The number of nitrogens with one attached hydrogen (secondary N) is 1. The van der Waals surface area contributed by atoms with E-state index >= 15 is 0 Å². The molecule has 1 nitrogen and oxygen atoms in total. The van der Waals surface area contributed by atoms with Crippen LogP contribution in [-0.2, 0) is 0 Å². The molecule has 2 aromatic carbocycles. The van der Waals surface area contributed by atoms with Crippen molar-refractivity contribution in [1.29, 1.82) is 0 Å². The minimum absolute atomic E-state index is 0.0162. The molecule has 2 aromatic rings. The molecule has 20 heavy (non-hydrogen) atoms. The Bertz CT molecular complexity index is 610. The SMILES string of the molecule is CCNC(c1ccc(Br)c(C)c1)c1cc(F)ccc1C. The Morgan fingerprint density at radius 3 is 2.50 bits per heavy atom. The molecule has 1 N–H and O–H groups in total. The van der Waals surface area contributed by atoms with E-state index in [2.05, 4.69) is 47.2 Å². The first-order chi connectivity index (χ1) is 9.52. The molecule has 0 heterocycles. The predicted octanol–water partition coefficient (Wildman–Crippen LogP) is 4.90. The molecule has 0 aromatic heterocycles. The van der Waals surface area contributed by atoms with Gasteiger partial charge in [0.1, 0.15) is 5.82 Å². The second-order valence-electron chi connectivity index (χ2n) is 5.00. The van der Waals surface area contributed by atoms with Gasteiger partial charge in [-0.1, -0.05) is 41.1 Å². The molecule has 2 rings (SSSR count). The molecule has 1 unspecified atom stereocenters. The zero-order valence-corrected chi connectivity index (χ0v) is 13.6. The first-order valence-corrected chi connectivity index (χ1v) is 7.57. The summed E-state index contributed by atoms with van der Waals surface area (Å²) in [6.07, 6.45) is 0. The van der Waals surface area contributed by atoms with Crippen LogP contribution in [0.3, 0.4) is 0 Å². The van der Waals surface area contributed by atoms with Crippen LogP contribution in [0, 0.1) is 19.7 Å². The summed E-state index contributed by atoms with van der Waals surface area (Å²) < 4.78 is 14.7. The molecule has 3 heteroatoms. The molecule has 0 radical (unpaired) electrons. The molecule has 0 aliphatic rings. The summed E-state index contributed by atoms with van der Waals surface area (Å²) in [7, 11) is 0. The van der Waals surface area contributed by atoms with Gasteiger partial charge in [0, 0.05) is 4.47 Å². The minimum Gasteiger partial charge on any atom is -0.307 e.